The van der Waals surface area contributed by atoms with E-state index in [2.05, 4.69) is 15.9 Å². The number of ketones is 1. The summed E-state index contributed by atoms with van der Waals surface area (Å²) < 4.78 is 43.8. The molecule has 0 saturated carbocycles. The molecule has 0 amide bonds. The summed E-state index contributed by atoms with van der Waals surface area (Å²) in [5, 5.41) is -0.0734. The third-order valence-corrected chi connectivity index (χ3v) is 3.48. The van der Waals surface area contributed by atoms with Crippen LogP contribution in [0.2, 0.25) is 0 Å². The number of ether oxygens (including phenoxy) is 1. The normalized spacial score (nSPS) is 11.3. The minimum absolute atomic E-state index is 0.0734. The van der Waals surface area contributed by atoms with Crippen molar-refractivity contribution < 1.29 is 22.7 Å². The van der Waals surface area contributed by atoms with E-state index in [4.69, 9.17) is 4.74 Å². The number of carbonyl (C=O) groups excluding carboxylic acids is 1. The highest BCUT2D eigenvalue weighted by Crippen LogP contribution is 2.33. The van der Waals surface area contributed by atoms with Crippen molar-refractivity contribution in [2.45, 2.75) is 12.8 Å². The van der Waals surface area contributed by atoms with E-state index >= 15 is 0 Å². The molecular formula is C16H12BrF3O2. The van der Waals surface area contributed by atoms with Crippen molar-refractivity contribution >= 4 is 21.7 Å². The van der Waals surface area contributed by atoms with Crippen LogP contribution < -0.4 is 4.74 Å². The van der Waals surface area contributed by atoms with Crippen LogP contribution in [0.25, 0.3) is 0 Å². The van der Waals surface area contributed by atoms with E-state index in [0.717, 1.165) is 17.7 Å². The summed E-state index contributed by atoms with van der Waals surface area (Å²) >= 11 is 2.97. The number of hydrogen-bond acceptors (Lipinski definition) is 2. The fourth-order valence-corrected chi connectivity index (χ4v) is 2.16. The summed E-state index contributed by atoms with van der Waals surface area (Å²) in [5.41, 5.74) is -0.0915. The highest BCUT2D eigenvalue weighted by atomic mass is 79.9. The molecular weight excluding hydrogens is 361 g/mol. The molecule has 22 heavy (non-hydrogen) atoms. The van der Waals surface area contributed by atoms with Crippen molar-refractivity contribution in [2.24, 2.45) is 0 Å². The van der Waals surface area contributed by atoms with Crippen LogP contribution in [-0.4, -0.2) is 11.1 Å². The second kappa shape index (κ2) is 6.96. The summed E-state index contributed by atoms with van der Waals surface area (Å²) in [5.74, 6) is -0.324. The van der Waals surface area contributed by atoms with Gasteiger partial charge >= 0.3 is 6.18 Å². The van der Waals surface area contributed by atoms with Crippen molar-refractivity contribution in [2.75, 3.05) is 5.33 Å². The molecule has 0 heterocycles. The van der Waals surface area contributed by atoms with Gasteiger partial charge in [0.1, 0.15) is 12.4 Å². The Morgan fingerprint density at radius 1 is 1.09 bits per heavy atom. The van der Waals surface area contributed by atoms with Gasteiger partial charge in [0.2, 0.25) is 0 Å². The molecule has 0 fully saturated rings. The first-order valence-electron chi connectivity index (χ1n) is 6.39. The molecule has 0 aliphatic rings. The maximum absolute atomic E-state index is 12.8. The lowest BCUT2D eigenvalue weighted by Gasteiger charge is -2.13. The number of rotatable bonds is 5. The Bertz CT molecular complexity index is 654. The van der Waals surface area contributed by atoms with Crippen LogP contribution >= 0.6 is 15.9 Å². The number of benzene rings is 2. The zero-order valence-electron chi connectivity index (χ0n) is 11.4. The van der Waals surface area contributed by atoms with Gasteiger partial charge in [0.25, 0.3) is 0 Å². The Morgan fingerprint density at radius 2 is 1.77 bits per heavy atom. The van der Waals surface area contributed by atoms with E-state index in [1.165, 1.54) is 6.07 Å². The van der Waals surface area contributed by atoms with Crippen LogP contribution in [0, 0.1) is 0 Å². The van der Waals surface area contributed by atoms with Gasteiger partial charge in [-0.05, 0) is 23.8 Å². The zero-order valence-corrected chi connectivity index (χ0v) is 12.9. The van der Waals surface area contributed by atoms with Crippen LogP contribution in [0.3, 0.4) is 0 Å². The lowest BCUT2D eigenvalue weighted by molar-refractivity contribution is -0.137. The summed E-state index contributed by atoms with van der Waals surface area (Å²) in [6, 6.07) is 12.1. The van der Waals surface area contributed by atoms with E-state index in [9.17, 15) is 18.0 Å². The SMILES string of the molecule is O=C(CBr)c1cc(C(F)(F)F)ccc1OCc1ccccc1. The molecule has 0 N–H and O–H groups in total. The lowest BCUT2D eigenvalue weighted by atomic mass is 10.1. The van der Waals surface area contributed by atoms with Gasteiger partial charge in [0.05, 0.1) is 16.5 Å². The molecule has 2 nitrogen and oxygen atoms in total. The molecule has 6 heteroatoms. The minimum atomic E-state index is -4.50. The Balaban J connectivity index is 2.28. The molecule has 2 aromatic carbocycles. The fourth-order valence-electron chi connectivity index (χ4n) is 1.86. The number of carbonyl (C=O) groups is 1. The van der Waals surface area contributed by atoms with Gasteiger partial charge < -0.3 is 4.74 Å². The van der Waals surface area contributed by atoms with E-state index in [-0.39, 0.29) is 23.2 Å². The molecule has 0 aromatic heterocycles. The standard InChI is InChI=1S/C16H12BrF3O2/c17-9-14(21)13-8-12(16(18,19)20)6-7-15(13)22-10-11-4-2-1-3-5-11/h1-8H,9-10H2. The van der Waals surface area contributed by atoms with E-state index in [1.807, 2.05) is 30.3 Å². The molecule has 0 spiro atoms. The number of hydrogen-bond donors (Lipinski definition) is 0. The molecule has 0 atom stereocenters. The van der Waals surface area contributed by atoms with Crippen LogP contribution in [0.1, 0.15) is 21.5 Å². The Morgan fingerprint density at radius 3 is 2.36 bits per heavy atom. The van der Waals surface area contributed by atoms with Crippen molar-refractivity contribution in [3.05, 3.63) is 65.2 Å². The molecule has 0 unspecified atom stereocenters. The predicted molar refractivity (Wildman–Crippen MR) is 80.3 cm³/mol. The maximum atomic E-state index is 12.8. The number of alkyl halides is 4. The summed E-state index contributed by atoms with van der Waals surface area (Å²) in [4.78, 5) is 11.8. The van der Waals surface area contributed by atoms with Gasteiger partial charge in [-0.25, -0.2) is 0 Å². The highest BCUT2D eigenvalue weighted by Gasteiger charge is 2.31. The molecule has 2 aromatic rings. The highest BCUT2D eigenvalue weighted by molar-refractivity contribution is 9.09. The van der Waals surface area contributed by atoms with Gasteiger partial charge in [-0.3, -0.25) is 4.79 Å². The number of Topliss-reactive ketones (excluding diaryl/α,β-unsaturated/α-hetero) is 1. The lowest BCUT2D eigenvalue weighted by Crippen LogP contribution is -2.10. The fraction of sp³-hybridized carbons (Fsp3) is 0.188. The van der Waals surface area contributed by atoms with Crippen molar-refractivity contribution in [1.29, 1.82) is 0 Å². The average Bonchev–Trinajstić information content (AvgIpc) is 2.52. The minimum Gasteiger partial charge on any atom is -0.488 e. The third kappa shape index (κ3) is 4.10. The molecule has 0 bridgehead atoms. The van der Waals surface area contributed by atoms with Crippen LogP contribution in [0.4, 0.5) is 13.2 Å². The molecule has 0 saturated heterocycles. The molecule has 116 valence electrons. The van der Waals surface area contributed by atoms with Crippen LogP contribution in [0.5, 0.6) is 5.75 Å². The Kier molecular flexibility index (Phi) is 5.24. The van der Waals surface area contributed by atoms with Crippen LogP contribution in [-0.2, 0) is 12.8 Å². The monoisotopic (exact) mass is 372 g/mol. The molecule has 0 radical (unpaired) electrons. The predicted octanol–water partition coefficient (Wildman–Crippen LogP) is 4.86. The van der Waals surface area contributed by atoms with Gasteiger partial charge in [0.15, 0.2) is 5.78 Å². The van der Waals surface area contributed by atoms with Gasteiger partial charge in [-0.1, -0.05) is 46.3 Å². The summed E-state index contributed by atoms with van der Waals surface area (Å²) in [7, 11) is 0. The van der Waals surface area contributed by atoms with Gasteiger partial charge in [-0.15, -0.1) is 0 Å². The molecule has 0 aliphatic heterocycles. The topological polar surface area (TPSA) is 26.3 Å². The second-order valence-electron chi connectivity index (χ2n) is 4.54. The van der Waals surface area contributed by atoms with E-state index in [1.54, 1.807) is 0 Å². The van der Waals surface area contributed by atoms with Crippen molar-refractivity contribution in [3.63, 3.8) is 0 Å². The van der Waals surface area contributed by atoms with Gasteiger partial charge in [-0.2, -0.15) is 13.2 Å². The molecule has 2 rings (SSSR count). The average molecular weight is 373 g/mol. The quantitative estimate of drug-likeness (QED) is 0.553. The van der Waals surface area contributed by atoms with E-state index in [0.29, 0.717) is 0 Å². The molecule has 0 aliphatic carbocycles. The first kappa shape index (κ1) is 16.5. The largest absolute Gasteiger partial charge is 0.488 e. The Hall–Kier alpha value is -1.82. The maximum Gasteiger partial charge on any atom is 0.416 e. The third-order valence-electron chi connectivity index (χ3n) is 2.97. The Labute approximate surface area is 134 Å². The first-order chi connectivity index (χ1) is 10.4. The first-order valence-corrected chi connectivity index (χ1v) is 7.51. The van der Waals surface area contributed by atoms with Crippen molar-refractivity contribution in [3.8, 4) is 5.75 Å². The smallest absolute Gasteiger partial charge is 0.416 e. The summed E-state index contributed by atoms with van der Waals surface area (Å²) in [6.45, 7) is 0.175. The number of halogens is 4. The summed E-state index contributed by atoms with van der Waals surface area (Å²) in [6.07, 6.45) is -4.50. The van der Waals surface area contributed by atoms with Gasteiger partial charge in [0, 0.05) is 0 Å². The second-order valence-corrected chi connectivity index (χ2v) is 5.10. The van der Waals surface area contributed by atoms with E-state index < -0.39 is 17.5 Å². The van der Waals surface area contributed by atoms with Crippen molar-refractivity contribution in [1.82, 2.24) is 0 Å². The van der Waals surface area contributed by atoms with Crippen LogP contribution in [0.15, 0.2) is 48.5 Å². The zero-order chi connectivity index (χ0) is 16.2.